The third kappa shape index (κ3) is 2.91. The van der Waals surface area contributed by atoms with Crippen molar-refractivity contribution in [3.63, 3.8) is 0 Å². The third-order valence-corrected chi connectivity index (χ3v) is 2.55. The van der Waals surface area contributed by atoms with E-state index in [1.165, 1.54) is 0 Å². The fourth-order valence-corrected chi connectivity index (χ4v) is 1.61. The van der Waals surface area contributed by atoms with Gasteiger partial charge in [0.15, 0.2) is 11.6 Å². The van der Waals surface area contributed by atoms with Crippen molar-refractivity contribution in [2.45, 2.75) is 13.0 Å². The topological polar surface area (TPSA) is 37.8 Å². The Bertz CT molecular complexity index is 504. The van der Waals surface area contributed by atoms with E-state index >= 15 is 0 Å². The van der Waals surface area contributed by atoms with Crippen LogP contribution in [0.2, 0.25) is 5.28 Å². The molecule has 0 radical (unpaired) electrons. The molecule has 2 aromatic rings. The lowest BCUT2D eigenvalue weighted by Crippen LogP contribution is -2.09. The van der Waals surface area contributed by atoms with Gasteiger partial charge in [-0.3, -0.25) is 0 Å². The summed E-state index contributed by atoms with van der Waals surface area (Å²) in [7, 11) is 0. The summed E-state index contributed by atoms with van der Waals surface area (Å²) in [6.45, 7) is 1.92. The maximum absolute atomic E-state index is 13.4. The van der Waals surface area contributed by atoms with Crippen LogP contribution in [-0.4, -0.2) is 9.97 Å². The van der Waals surface area contributed by atoms with E-state index in [1.54, 1.807) is 0 Å². The van der Waals surface area contributed by atoms with Gasteiger partial charge < -0.3 is 5.32 Å². The minimum Gasteiger partial charge on any atom is -0.361 e. The third-order valence-electron chi connectivity index (χ3n) is 2.37. The normalized spacial score (nSPS) is 12.2. The number of aromatic nitrogens is 2. The summed E-state index contributed by atoms with van der Waals surface area (Å²) in [6.07, 6.45) is 1.05. The molecular formula is C12H11ClFN3. The lowest BCUT2D eigenvalue weighted by Gasteiger charge is -2.15. The molecule has 0 saturated heterocycles. The molecule has 0 aliphatic carbocycles. The number of nitrogens with zero attached hydrogens (tertiary/aromatic N) is 2. The van der Waals surface area contributed by atoms with Gasteiger partial charge in [0, 0.05) is 0 Å². The first-order valence-corrected chi connectivity index (χ1v) is 5.54. The average molecular weight is 252 g/mol. The Morgan fingerprint density at radius 2 is 2.00 bits per heavy atom. The van der Waals surface area contributed by atoms with Crippen LogP contribution in [0.4, 0.5) is 10.2 Å². The number of nitrogens with one attached hydrogen (secondary N) is 1. The van der Waals surface area contributed by atoms with Crippen molar-refractivity contribution in [3.05, 3.63) is 53.2 Å². The number of hydrogen-bond donors (Lipinski definition) is 1. The van der Waals surface area contributed by atoms with Gasteiger partial charge in [-0.15, -0.1) is 0 Å². The van der Waals surface area contributed by atoms with Crippen LogP contribution in [0.3, 0.4) is 0 Å². The van der Waals surface area contributed by atoms with Crippen LogP contribution in [0.25, 0.3) is 0 Å². The summed E-state index contributed by atoms with van der Waals surface area (Å²) in [4.78, 5) is 7.37. The fraction of sp³-hybridized carbons (Fsp3) is 0.167. The molecule has 0 fully saturated rings. The summed E-state index contributed by atoms with van der Waals surface area (Å²) in [5, 5.41) is 2.98. The molecule has 0 aliphatic heterocycles. The van der Waals surface area contributed by atoms with Gasteiger partial charge in [0.25, 0.3) is 0 Å². The van der Waals surface area contributed by atoms with Crippen molar-refractivity contribution in [1.29, 1.82) is 0 Å². The molecule has 1 unspecified atom stereocenters. The molecule has 0 spiro atoms. The van der Waals surface area contributed by atoms with Crippen LogP contribution in [0, 0.1) is 5.82 Å². The van der Waals surface area contributed by atoms with Crippen LogP contribution in [0.1, 0.15) is 18.5 Å². The van der Waals surface area contributed by atoms with E-state index < -0.39 is 5.82 Å². The minimum absolute atomic E-state index is 0.0224. The van der Waals surface area contributed by atoms with Crippen molar-refractivity contribution in [3.8, 4) is 0 Å². The predicted molar refractivity (Wildman–Crippen MR) is 65.5 cm³/mol. The van der Waals surface area contributed by atoms with Gasteiger partial charge in [0.1, 0.15) is 0 Å². The van der Waals surface area contributed by atoms with Crippen LogP contribution < -0.4 is 5.32 Å². The molecule has 3 nitrogen and oxygen atoms in total. The number of anilines is 1. The van der Waals surface area contributed by atoms with E-state index in [0.29, 0.717) is 0 Å². The number of benzene rings is 1. The molecule has 88 valence electrons. The van der Waals surface area contributed by atoms with Gasteiger partial charge in [0.05, 0.1) is 12.2 Å². The van der Waals surface area contributed by atoms with Crippen molar-refractivity contribution in [2.75, 3.05) is 5.32 Å². The Kier molecular flexibility index (Phi) is 3.54. The van der Waals surface area contributed by atoms with Gasteiger partial charge in [-0.25, -0.2) is 9.37 Å². The van der Waals surface area contributed by atoms with Gasteiger partial charge in [-0.1, -0.05) is 30.3 Å². The van der Waals surface area contributed by atoms with Crippen LogP contribution >= 0.6 is 11.6 Å². The van der Waals surface area contributed by atoms with Crippen molar-refractivity contribution in [2.24, 2.45) is 0 Å². The summed E-state index contributed by atoms with van der Waals surface area (Å²) in [6, 6.07) is 9.64. The second kappa shape index (κ2) is 5.10. The Morgan fingerprint density at radius 3 is 2.71 bits per heavy atom. The van der Waals surface area contributed by atoms with E-state index in [-0.39, 0.29) is 17.1 Å². The van der Waals surface area contributed by atoms with E-state index in [0.717, 1.165) is 11.8 Å². The van der Waals surface area contributed by atoms with Gasteiger partial charge >= 0.3 is 0 Å². The lowest BCUT2D eigenvalue weighted by molar-refractivity contribution is 0.613. The number of hydrogen-bond acceptors (Lipinski definition) is 3. The maximum atomic E-state index is 13.4. The molecular weight excluding hydrogens is 241 g/mol. The highest BCUT2D eigenvalue weighted by Gasteiger charge is 2.10. The zero-order valence-corrected chi connectivity index (χ0v) is 9.95. The fourth-order valence-electron chi connectivity index (χ4n) is 1.48. The first-order chi connectivity index (χ1) is 8.16. The first kappa shape index (κ1) is 11.8. The van der Waals surface area contributed by atoms with Gasteiger partial charge in [-0.05, 0) is 24.1 Å². The van der Waals surface area contributed by atoms with E-state index in [1.807, 2.05) is 37.3 Å². The zero-order chi connectivity index (χ0) is 12.3. The Hall–Kier alpha value is -1.68. The van der Waals surface area contributed by atoms with Crippen molar-refractivity contribution in [1.82, 2.24) is 9.97 Å². The first-order valence-electron chi connectivity index (χ1n) is 5.16. The van der Waals surface area contributed by atoms with E-state index in [9.17, 15) is 4.39 Å². The monoisotopic (exact) mass is 251 g/mol. The molecule has 1 aromatic heterocycles. The summed E-state index contributed by atoms with van der Waals surface area (Å²) >= 11 is 5.62. The standard InChI is InChI=1S/C12H11ClFN3/c1-8(9-5-3-2-4-6-9)16-11-10(14)7-15-12(13)17-11/h2-8H,1H3,(H,15,16,17). The van der Waals surface area contributed by atoms with Gasteiger partial charge in [-0.2, -0.15) is 4.98 Å². The molecule has 0 saturated carbocycles. The number of halogens is 2. The molecule has 17 heavy (non-hydrogen) atoms. The van der Waals surface area contributed by atoms with Crippen molar-refractivity contribution >= 4 is 17.4 Å². The Morgan fingerprint density at radius 1 is 1.29 bits per heavy atom. The minimum atomic E-state index is -0.516. The zero-order valence-electron chi connectivity index (χ0n) is 9.19. The molecule has 1 atom stereocenters. The molecule has 5 heteroatoms. The molecule has 2 rings (SSSR count). The maximum Gasteiger partial charge on any atom is 0.224 e. The Balaban J connectivity index is 2.18. The quantitative estimate of drug-likeness (QED) is 0.849. The lowest BCUT2D eigenvalue weighted by atomic mass is 10.1. The summed E-state index contributed by atoms with van der Waals surface area (Å²) < 4.78 is 13.4. The highest BCUT2D eigenvalue weighted by Crippen LogP contribution is 2.20. The van der Waals surface area contributed by atoms with E-state index in [4.69, 9.17) is 11.6 Å². The molecule has 0 aliphatic rings. The Labute approximate surface area is 104 Å². The largest absolute Gasteiger partial charge is 0.361 e. The van der Waals surface area contributed by atoms with Crippen LogP contribution in [0.15, 0.2) is 36.5 Å². The predicted octanol–water partition coefficient (Wildman–Crippen LogP) is 3.44. The average Bonchev–Trinajstić information content (AvgIpc) is 2.35. The molecule has 1 aromatic carbocycles. The molecule has 0 amide bonds. The van der Waals surface area contributed by atoms with Gasteiger partial charge in [0.2, 0.25) is 5.28 Å². The summed E-state index contributed by atoms with van der Waals surface area (Å²) in [5.41, 5.74) is 1.04. The molecule has 1 heterocycles. The second-order valence-electron chi connectivity index (χ2n) is 3.61. The highest BCUT2D eigenvalue weighted by molar-refractivity contribution is 6.28. The van der Waals surface area contributed by atoms with E-state index in [2.05, 4.69) is 15.3 Å². The smallest absolute Gasteiger partial charge is 0.224 e. The molecule has 1 N–H and O–H groups in total. The van der Waals surface area contributed by atoms with Crippen LogP contribution in [0.5, 0.6) is 0 Å². The number of rotatable bonds is 3. The second-order valence-corrected chi connectivity index (χ2v) is 3.95. The van der Waals surface area contributed by atoms with Crippen molar-refractivity contribution < 1.29 is 4.39 Å². The highest BCUT2D eigenvalue weighted by atomic mass is 35.5. The molecule has 0 bridgehead atoms. The van der Waals surface area contributed by atoms with Crippen LogP contribution in [-0.2, 0) is 0 Å². The summed E-state index contributed by atoms with van der Waals surface area (Å²) in [5.74, 6) is -0.404. The SMILES string of the molecule is CC(Nc1nc(Cl)ncc1F)c1ccccc1.